The van der Waals surface area contributed by atoms with Gasteiger partial charge in [0.25, 0.3) is 5.91 Å². The Morgan fingerprint density at radius 1 is 1.26 bits per heavy atom. The standard InChI is InChI=1S/C24H32N5O5Si/c1-5-16(2)33-18-11-24(35(3)4,34-23(18,12-30)13-31)29-15-27-19-20(25-14-26-21(19)29)28-22(32)17-9-7-6-8-10-17/h6-10,14-16,18,30-31H,5,11-13H2,1-4H3,(H,25,26,28,32)/t16?,18-,24-/m0/s1. The average Bonchev–Trinajstić information content (AvgIpc) is 3.45. The van der Waals surface area contributed by atoms with E-state index in [0.29, 0.717) is 29.0 Å². The highest BCUT2D eigenvalue weighted by atomic mass is 28.3. The van der Waals surface area contributed by atoms with Crippen LogP contribution in [-0.4, -0.2) is 75.5 Å². The third-order valence-corrected chi connectivity index (χ3v) is 8.81. The number of rotatable bonds is 9. The van der Waals surface area contributed by atoms with Crippen LogP contribution in [0.1, 0.15) is 37.0 Å². The van der Waals surface area contributed by atoms with Crippen molar-refractivity contribution >= 4 is 31.7 Å². The number of hydrogen-bond acceptors (Lipinski definition) is 8. The third-order valence-electron chi connectivity index (χ3n) is 6.70. The molecule has 11 heteroatoms. The van der Waals surface area contributed by atoms with Gasteiger partial charge in [-0.25, -0.2) is 15.0 Å². The minimum atomic E-state index is -1.28. The van der Waals surface area contributed by atoms with Crippen LogP contribution >= 0.6 is 0 Å². The van der Waals surface area contributed by atoms with Crippen molar-refractivity contribution in [3.05, 3.63) is 48.5 Å². The summed E-state index contributed by atoms with van der Waals surface area (Å²) in [6.45, 7) is 7.41. The summed E-state index contributed by atoms with van der Waals surface area (Å²) in [5.41, 5.74) is 0.151. The number of ether oxygens (including phenoxy) is 2. The Labute approximate surface area is 205 Å². The van der Waals surface area contributed by atoms with Gasteiger partial charge in [0.1, 0.15) is 26.1 Å². The number of imidazole rings is 1. The van der Waals surface area contributed by atoms with Gasteiger partial charge in [0, 0.05) is 12.0 Å². The topological polar surface area (TPSA) is 132 Å². The number of carbonyl (C=O) groups is 1. The van der Waals surface area contributed by atoms with Crippen LogP contribution in [0.3, 0.4) is 0 Å². The largest absolute Gasteiger partial charge is 0.393 e. The molecule has 1 aliphatic heterocycles. The zero-order valence-electron chi connectivity index (χ0n) is 20.4. The number of aliphatic hydroxyl groups excluding tert-OH is 2. The Kier molecular flexibility index (Phi) is 7.34. The maximum Gasteiger partial charge on any atom is 0.256 e. The second-order valence-electron chi connectivity index (χ2n) is 9.14. The van der Waals surface area contributed by atoms with E-state index in [4.69, 9.17) is 9.47 Å². The smallest absolute Gasteiger partial charge is 0.256 e. The van der Waals surface area contributed by atoms with Crippen molar-refractivity contribution in [3.63, 3.8) is 0 Å². The van der Waals surface area contributed by atoms with Gasteiger partial charge in [-0.05, 0) is 25.5 Å². The van der Waals surface area contributed by atoms with Crippen molar-refractivity contribution in [1.29, 1.82) is 0 Å². The molecule has 187 valence electrons. The number of amides is 1. The van der Waals surface area contributed by atoms with Crippen molar-refractivity contribution in [1.82, 2.24) is 19.5 Å². The van der Waals surface area contributed by atoms with E-state index in [9.17, 15) is 15.0 Å². The summed E-state index contributed by atoms with van der Waals surface area (Å²) < 4.78 is 14.7. The van der Waals surface area contributed by atoms with Crippen LogP contribution < -0.4 is 5.32 Å². The van der Waals surface area contributed by atoms with E-state index < -0.39 is 25.9 Å². The molecule has 0 aliphatic carbocycles. The number of hydrogen-bond donors (Lipinski definition) is 3. The highest BCUT2D eigenvalue weighted by Crippen LogP contribution is 2.46. The van der Waals surface area contributed by atoms with E-state index in [0.717, 1.165) is 6.42 Å². The highest BCUT2D eigenvalue weighted by Gasteiger charge is 2.59. The highest BCUT2D eigenvalue weighted by molar-refractivity contribution is 6.58. The number of anilines is 1. The Bertz CT molecular complexity index is 1170. The molecule has 1 amide bonds. The Hall–Kier alpha value is -2.70. The van der Waals surface area contributed by atoms with E-state index >= 15 is 0 Å². The molecular weight excluding hydrogens is 466 g/mol. The molecule has 3 aromatic rings. The van der Waals surface area contributed by atoms with Gasteiger partial charge in [0.15, 0.2) is 17.0 Å². The summed E-state index contributed by atoms with van der Waals surface area (Å²) in [7, 11) is -1.28. The minimum absolute atomic E-state index is 0.0667. The van der Waals surface area contributed by atoms with Gasteiger partial charge in [-0.15, -0.1) is 0 Å². The van der Waals surface area contributed by atoms with E-state index in [1.165, 1.54) is 6.33 Å². The van der Waals surface area contributed by atoms with Crippen LogP contribution in [0.5, 0.6) is 0 Å². The second-order valence-corrected chi connectivity index (χ2v) is 11.9. The van der Waals surface area contributed by atoms with E-state index in [1.54, 1.807) is 30.6 Å². The van der Waals surface area contributed by atoms with Crippen molar-refractivity contribution in [2.45, 2.75) is 62.9 Å². The van der Waals surface area contributed by atoms with Gasteiger partial charge in [-0.3, -0.25) is 9.36 Å². The van der Waals surface area contributed by atoms with Crippen LogP contribution in [0, 0.1) is 0 Å². The van der Waals surface area contributed by atoms with Gasteiger partial charge >= 0.3 is 0 Å². The van der Waals surface area contributed by atoms with Crippen LogP contribution in [-0.2, 0) is 14.8 Å². The molecule has 0 saturated carbocycles. The molecule has 0 spiro atoms. The SMILES string of the molecule is CCC(C)O[C@H]1C[C@@](n2cnc3c(NC(=O)c4ccccc4)ncnc32)([Si](C)C)OC1(CO)CO. The normalized spacial score (nSPS) is 22.5. The van der Waals surface area contributed by atoms with E-state index in [1.807, 2.05) is 24.5 Å². The summed E-state index contributed by atoms with van der Waals surface area (Å²) in [4.78, 5) is 26.0. The van der Waals surface area contributed by atoms with Crippen LogP contribution in [0.25, 0.3) is 11.2 Å². The lowest BCUT2D eigenvalue weighted by Gasteiger charge is -2.37. The first-order chi connectivity index (χ1) is 16.8. The fraction of sp³-hybridized carbons (Fsp3) is 0.500. The van der Waals surface area contributed by atoms with Crippen molar-refractivity contribution in [2.24, 2.45) is 0 Å². The van der Waals surface area contributed by atoms with Gasteiger partial charge < -0.3 is 25.0 Å². The number of nitrogens with zero attached hydrogens (tertiary/aromatic N) is 4. The fourth-order valence-corrected chi connectivity index (χ4v) is 6.05. The number of nitrogens with one attached hydrogen (secondary N) is 1. The minimum Gasteiger partial charge on any atom is -0.393 e. The monoisotopic (exact) mass is 498 g/mol. The molecule has 35 heavy (non-hydrogen) atoms. The van der Waals surface area contributed by atoms with Crippen molar-refractivity contribution in [3.8, 4) is 0 Å². The van der Waals surface area contributed by atoms with Crippen LogP contribution in [0.15, 0.2) is 43.0 Å². The molecule has 3 atom stereocenters. The molecule has 2 aromatic heterocycles. The van der Waals surface area contributed by atoms with E-state index in [-0.39, 0.29) is 25.2 Å². The first-order valence-corrected chi connectivity index (χ1v) is 14.2. The quantitative estimate of drug-likeness (QED) is 0.383. The number of aliphatic hydroxyl groups is 2. The molecule has 3 N–H and O–H groups in total. The first-order valence-electron chi connectivity index (χ1n) is 11.7. The molecule has 1 aliphatic rings. The number of fused-ring (bicyclic) bond motifs is 1. The van der Waals surface area contributed by atoms with Gasteiger partial charge in [0.05, 0.1) is 31.7 Å². The number of aromatic nitrogens is 4. The Morgan fingerprint density at radius 3 is 2.60 bits per heavy atom. The molecule has 10 nitrogen and oxygen atoms in total. The molecule has 1 radical (unpaired) electrons. The molecule has 0 bridgehead atoms. The predicted molar refractivity (Wildman–Crippen MR) is 132 cm³/mol. The Balaban J connectivity index is 1.75. The van der Waals surface area contributed by atoms with Crippen LogP contribution in [0.2, 0.25) is 13.1 Å². The van der Waals surface area contributed by atoms with Gasteiger partial charge in [0.2, 0.25) is 0 Å². The lowest BCUT2D eigenvalue weighted by atomic mass is 9.98. The van der Waals surface area contributed by atoms with Gasteiger partial charge in [-0.2, -0.15) is 0 Å². The molecule has 1 unspecified atom stereocenters. The molecule has 1 aromatic carbocycles. The zero-order chi connectivity index (χ0) is 25.2. The van der Waals surface area contributed by atoms with Gasteiger partial charge in [-0.1, -0.05) is 38.2 Å². The number of benzene rings is 1. The van der Waals surface area contributed by atoms with Crippen molar-refractivity contribution < 1.29 is 24.5 Å². The molecule has 1 fully saturated rings. The maximum atomic E-state index is 12.7. The molecular formula is C24H32N5O5Si. The zero-order valence-corrected chi connectivity index (χ0v) is 21.4. The lowest BCUT2D eigenvalue weighted by molar-refractivity contribution is -0.181. The molecule has 1 saturated heterocycles. The van der Waals surface area contributed by atoms with Crippen molar-refractivity contribution in [2.75, 3.05) is 18.5 Å². The fourth-order valence-electron chi connectivity index (χ4n) is 4.40. The number of carbonyl (C=O) groups excluding carboxylic acids is 1. The predicted octanol–water partition coefficient (Wildman–Crippen LogP) is 2.35. The maximum absolute atomic E-state index is 12.7. The summed E-state index contributed by atoms with van der Waals surface area (Å²) in [6, 6.07) is 8.86. The first kappa shape index (κ1) is 25.4. The molecule has 4 rings (SSSR count). The second kappa shape index (κ2) is 10.1. The Morgan fingerprint density at radius 2 is 1.97 bits per heavy atom. The summed E-state index contributed by atoms with van der Waals surface area (Å²) in [5.74, 6) is -0.0102. The summed E-state index contributed by atoms with van der Waals surface area (Å²) in [6.07, 6.45) is 3.62. The van der Waals surface area contributed by atoms with E-state index in [2.05, 4.69) is 33.4 Å². The average molecular weight is 499 g/mol. The summed E-state index contributed by atoms with van der Waals surface area (Å²) in [5, 5.41) is 22.5. The molecule has 3 heterocycles. The third kappa shape index (κ3) is 4.50. The lowest BCUT2D eigenvalue weighted by Crippen LogP contribution is -2.51. The summed E-state index contributed by atoms with van der Waals surface area (Å²) >= 11 is 0. The van der Waals surface area contributed by atoms with Crippen LogP contribution in [0.4, 0.5) is 5.82 Å².